The normalized spacial score (nSPS) is 18.6. The SMILES string of the molecule is NNc1cc(CN2CCS(=O)CC2)ccn1. The quantitative estimate of drug-likeness (QED) is 0.572. The van der Waals surface area contributed by atoms with Crippen LogP contribution in [0.25, 0.3) is 0 Å². The van der Waals surface area contributed by atoms with Gasteiger partial charge in [-0.15, -0.1) is 0 Å². The maximum absolute atomic E-state index is 11.2. The van der Waals surface area contributed by atoms with Gasteiger partial charge in [0.05, 0.1) is 0 Å². The van der Waals surface area contributed by atoms with Crippen LogP contribution in [0.15, 0.2) is 18.3 Å². The number of nitrogens with zero attached hydrogens (tertiary/aromatic N) is 2. The fraction of sp³-hybridized carbons (Fsp3) is 0.500. The predicted molar refractivity (Wildman–Crippen MR) is 65.2 cm³/mol. The van der Waals surface area contributed by atoms with Crippen LogP contribution in [0.5, 0.6) is 0 Å². The van der Waals surface area contributed by atoms with Gasteiger partial charge in [-0.2, -0.15) is 0 Å². The minimum atomic E-state index is -0.611. The maximum atomic E-state index is 11.2. The van der Waals surface area contributed by atoms with Crippen molar-refractivity contribution in [3.63, 3.8) is 0 Å². The number of anilines is 1. The highest BCUT2D eigenvalue weighted by atomic mass is 32.2. The number of nitrogen functional groups attached to an aromatic ring is 1. The highest BCUT2D eigenvalue weighted by Gasteiger charge is 2.15. The lowest BCUT2D eigenvalue weighted by Crippen LogP contribution is -2.37. The van der Waals surface area contributed by atoms with Gasteiger partial charge in [0.2, 0.25) is 0 Å². The molecule has 0 saturated carbocycles. The zero-order valence-electron chi connectivity index (χ0n) is 9.06. The number of hydrogen-bond acceptors (Lipinski definition) is 5. The largest absolute Gasteiger partial charge is 0.308 e. The van der Waals surface area contributed by atoms with E-state index in [2.05, 4.69) is 15.3 Å². The highest BCUT2D eigenvalue weighted by Crippen LogP contribution is 2.10. The van der Waals surface area contributed by atoms with Crippen LogP contribution in [-0.4, -0.2) is 38.7 Å². The lowest BCUT2D eigenvalue weighted by molar-refractivity contribution is 0.291. The fourth-order valence-corrected chi connectivity index (χ4v) is 2.87. The first-order valence-corrected chi connectivity index (χ1v) is 6.75. The van der Waals surface area contributed by atoms with Crippen LogP contribution in [0.3, 0.4) is 0 Å². The van der Waals surface area contributed by atoms with E-state index in [1.54, 1.807) is 6.20 Å². The van der Waals surface area contributed by atoms with Crippen molar-refractivity contribution in [3.05, 3.63) is 23.9 Å². The minimum absolute atomic E-state index is 0.611. The van der Waals surface area contributed by atoms with Crippen LogP contribution in [0, 0.1) is 0 Å². The molecule has 16 heavy (non-hydrogen) atoms. The summed E-state index contributed by atoms with van der Waals surface area (Å²) in [4.78, 5) is 6.36. The molecular weight excluding hydrogens is 224 g/mol. The van der Waals surface area contributed by atoms with Crippen LogP contribution in [0.2, 0.25) is 0 Å². The van der Waals surface area contributed by atoms with E-state index in [4.69, 9.17) is 5.84 Å². The van der Waals surface area contributed by atoms with Crippen molar-refractivity contribution in [3.8, 4) is 0 Å². The Labute approximate surface area is 97.5 Å². The average Bonchev–Trinajstić information content (AvgIpc) is 2.32. The van der Waals surface area contributed by atoms with E-state index in [-0.39, 0.29) is 0 Å². The number of nitrogens with one attached hydrogen (secondary N) is 1. The van der Waals surface area contributed by atoms with Gasteiger partial charge in [0.15, 0.2) is 0 Å². The lowest BCUT2D eigenvalue weighted by Gasteiger charge is -2.26. The zero-order chi connectivity index (χ0) is 11.4. The molecule has 88 valence electrons. The third-order valence-corrected chi connectivity index (χ3v) is 3.92. The van der Waals surface area contributed by atoms with Gasteiger partial charge in [0.25, 0.3) is 0 Å². The molecule has 2 heterocycles. The Hall–Kier alpha value is -0.980. The average molecular weight is 240 g/mol. The lowest BCUT2D eigenvalue weighted by atomic mass is 10.2. The maximum Gasteiger partial charge on any atom is 0.140 e. The van der Waals surface area contributed by atoms with Gasteiger partial charge in [-0.25, -0.2) is 10.8 Å². The Bertz CT molecular complexity index is 375. The summed E-state index contributed by atoms with van der Waals surface area (Å²) in [5, 5.41) is 0. The number of hydrazine groups is 1. The molecule has 1 aliphatic rings. The smallest absolute Gasteiger partial charge is 0.140 e. The van der Waals surface area contributed by atoms with Crippen molar-refractivity contribution in [1.82, 2.24) is 9.88 Å². The van der Waals surface area contributed by atoms with E-state index in [9.17, 15) is 4.21 Å². The Kier molecular flexibility index (Phi) is 3.87. The van der Waals surface area contributed by atoms with Crippen LogP contribution in [0.1, 0.15) is 5.56 Å². The van der Waals surface area contributed by atoms with Crippen LogP contribution in [0.4, 0.5) is 5.82 Å². The van der Waals surface area contributed by atoms with Gasteiger partial charge < -0.3 is 5.43 Å². The molecule has 2 rings (SSSR count). The molecule has 0 bridgehead atoms. The molecule has 0 radical (unpaired) electrons. The summed E-state index contributed by atoms with van der Waals surface area (Å²) < 4.78 is 11.2. The van der Waals surface area contributed by atoms with Gasteiger partial charge in [0.1, 0.15) is 5.82 Å². The van der Waals surface area contributed by atoms with Crippen molar-refractivity contribution >= 4 is 16.6 Å². The summed E-state index contributed by atoms with van der Waals surface area (Å²) >= 11 is 0. The van der Waals surface area contributed by atoms with Gasteiger partial charge in [-0.05, 0) is 17.7 Å². The summed E-state index contributed by atoms with van der Waals surface area (Å²) in [6.07, 6.45) is 1.74. The van der Waals surface area contributed by atoms with Crippen LogP contribution < -0.4 is 11.3 Å². The molecule has 1 saturated heterocycles. The molecule has 0 unspecified atom stereocenters. The van der Waals surface area contributed by atoms with Crippen molar-refractivity contribution in [1.29, 1.82) is 0 Å². The van der Waals surface area contributed by atoms with E-state index < -0.39 is 10.8 Å². The molecule has 0 aromatic carbocycles. The monoisotopic (exact) mass is 240 g/mol. The number of rotatable bonds is 3. The van der Waals surface area contributed by atoms with Gasteiger partial charge in [-0.1, -0.05) is 0 Å². The van der Waals surface area contributed by atoms with Gasteiger partial charge in [0, 0.05) is 48.1 Å². The molecular formula is C10H16N4OS. The first-order chi connectivity index (χ1) is 7.78. The van der Waals surface area contributed by atoms with E-state index >= 15 is 0 Å². The first kappa shape index (κ1) is 11.5. The third kappa shape index (κ3) is 3.01. The summed E-state index contributed by atoms with van der Waals surface area (Å²) in [6, 6.07) is 3.91. The number of hydrogen-bond donors (Lipinski definition) is 2. The second kappa shape index (κ2) is 5.38. The summed E-state index contributed by atoms with van der Waals surface area (Å²) in [7, 11) is -0.611. The van der Waals surface area contributed by atoms with Gasteiger partial charge >= 0.3 is 0 Å². The topological polar surface area (TPSA) is 71.2 Å². The predicted octanol–water partition coefficient (Wildman–Crippen LogP) is -0.0685. The summed E-state index contributed by atoms with van der Waals surface area (Å²) in [5.74, 6) is 7.55. The molecule has 6 heteroatoms. The molecule has 0 spiro atoms. The molecule has 3 N–H and O–H groups in total. The summed E-state index contributed by atoms with van der Waals surface area (Å²) in [6.45, 7) is 2.68. The Balaban J connectivity index is 1.95. The Morgan fingerprint density at radius 1 is 1.50 bits per heavy atom. The molecule has 1 aliphatic heterocycles. The molecule has 1 aromatic rings. The Morgan fingerprint density at radius 2 is 2.25 bits per heavy atom. The highest BCUT2D eigenvalue weighted by molar-refractivity contribution is 7.85. The molecule has 1 aromatic heterocycles. The standard InChI is InChI=1S/C10H16N4OS/c11-13-10-7-9(1-2-12-10)8-14-3-5-16(15)6-4-14/h1-2,7H,3-6,8,11H2,(H,12,13). The summed E-state index contributed by atoms with van der Waals surface area (Å²) in [5.41, 5.74) is 3.71. The van der Waals surface area contributed by atoms with Crippen molar-refractivity contribution in [2.24, 2.45) is 5.84 Å². The number of nitrogens with two attached hydrogens (primary N) is 1. The fourth-order valence-electron chi connectivity index (χ4n) is 1.74. The molecule has 0 atom stereocenters. The number of aromatic nitrogens is 1. The first-order valence-electron chi connectivity index (χ1n) is 5.27. The van der Waals surface area contributed by atoms with E-state index in [0.717, 1.165) is 31.1 Å². The minimum Gasteiger partial charge on any atom is -0.308 e. The second-order valence-electron chi connectivity index (χ2n) is 3.82. The molecule has 5 nitrogen and oxygen atoms in total. The van der Waals surface area contributed by atoms with Gasteiger partial charge in [-0.3, -0.25) is 9.11 Å². The zero-order valence-corrected chi connectivity index (χ0v) is 9.87. The molecule has 1 fully saturated rings. The molecule has 0 amide bonds. The van der Waals surface area contributed by atoms with Crippen LogP contribution in [-0.2, 0) is 17.3 Å². The van der Waals surface area contributed by atoms with Crippen molar-refractivity contribution < 1.29 is 4.21 Å². The Morgan fingerprint density at radius 3 is 2.94 bits per heavy atom. The number of pyridine rings is 1. The van der Waals surface area contributed by atoms with Crippen molar-refractivity contribution in [2.75, 3.05) is 30.0 Å². The third-order valence-electron chi connectivity index (χ3n) is 2.65. The van der Waals surface area contributed by atoms with E-state index in [0.29, 0.717) is 5.82 Å². The van der Waals surface area contributed by atoms with E-state index in [1.807, 2.05) is 12.1 Å². The van der Waals surface area contributed by atoms with Crippen LogP contribution >= 0.6 is 0 Å². The second-order valence-corrected chi connectivity index (χ2v) is 5.51. The van der Waals surface area contributed by atoms with E-state index in [1.165, 1.54) is 5.56 Å². The van der Waals surface area contributed by atoms with Crippen molar-refractivity contribution in [2.45, 2.75) is 6.54 Å². The molecule has 0 aliphatic carbocycles.